The van der Waals surface area contributed by atoms with E-state index in [-0.39, 0.29) is 11.8 Å². The van der Waals surface area contributed by atoms with Gasteiger partial charge >= 0.3 is 11.9 Å². The lowest BCUT2D eigenvalue weighted by Crippen LogP contribution is -2.35. The Labute approximate surface area is 94.7 Å². The fourth-order valence-corrected chi connectivity index (χ4v) is 3.34. The summed E-state index contributed by atoms with van der Waals surface area (Å²) in [5, 5.41) is 17.9. The highest BCUT2D eigenvalue weighted by atomic mass is 16.4. The SMILES string of the molecule is O=C(O)[C@@H]1CCC2C[C@@H](C(=O)O)CCC2C1. The fraction of sp³-hybridized carbons (Fsp3) is 0.833. The third-order valence-corrected chi connectivity index (χ3v) is 4.31. The van der Waals surface area contributed by atoms with Crippen LogP contribution in [0.5, 0.6) is 0 Å². The van der Waals surface area contributed by atoms with Gasteiger partial charge in [0, 0.05) is 0 Å². The molecule has 0 saturated heterocycles. The quantitative estimate of drug-likeness (QED) is 0.755. The molecular weight excluding hydrogens is 208 g/mol. The highest BCUT2D eigenvalue weighted by molar-refractivity contribution is 5.71. The zero-order chi connectivity index (χ0) is 11.7. The maximum atomic E-state index is 10.9. The van der Waals surface area contributed by atoms with Crippen molar-refractivity contribution in [3.8, 4) is 0 Å². The Kier molecular flexibility index (Phi) is 3.17. The van der Waals surface area contributed by atoms with E-state index in [9.17, 15) is 9.59 Å². The summed E-state index contributed by atoms with van der Waals surface area (Å²) >= 11 is 0. The van der Waals surface area contributed by atoms with E-state index in [1.165, 1.54) is 0 Å². The van der Waals surface area contributed by atoms with Gasteiger partial charge in [-0.3, -0.25) is 9.59 Å². The first-order chi connectivity index (χ1) is 7.58. The van der Waals surface area contributed by atoms with Crippen LogP contribution in [0.1, 0.15) is 38.5 Å². The predicted octanol–water partition coefficient (Wildman–Crippen LogP) is 1.99. The van der Waals surface area contributed by atoms with E-state index >= 15 is 0 Å². The molecule has 0 radical (unpaired) electrons. The van der Waals surface area contributed by atoms with Crippen LogP contribution in [0, 0.1) is 23.7 Å². The van der Waals surface area contributed by atoms with Crippen molar-refractivity contribution >= 4 is 11.9 Å². The summed E-state index contributed by atoms with van der Waals surface area (Å²) in [5.41, 5.74) is 0. The van der Waals surface area contributed by atoms with Crippen molar-refractivity contribution in [3.05, 3.63) is 0 Å². The minimum Gasteiger partial charge on any atom is -0.481 e. The standard InChI is InChI=1S/C12H18O4/c13-11(14)9-3-1-7-5-10(12(15)16)4-2-8(7)6-9/h7-10H,1-6H2,(H,13,14)(H,15,16)/t7?,8?,9-,10+. The number of carboxylic acids is 2. The van der Waals surface area contributed by atoms with Gasteiger partial charge in [0.25, 0.3) is 0 Å². The molecule has 0 spiro atoms. The average Bonchev–Trinajstić information content (AvgIpc) is 2.27. The van der Waals surface area contributed by atoms with E-state index in [0.29, 0.717) is 11.8 Å². The molecular formula is C12H18O4. The van der Waals surface area contributed by atoms with Gasteiger partial charge in [0.05, 0.1) is 11.8 Å². The van der Waals surface area contributed by atoms with Crippen LogP contribution < -0.4 is 0 Å². The van der Waals surface area contributed by atoms with Gasteiger partial charge in [-0.05, 0) is 50.4 Å². The summed E-state index contributed by atoms with van der Waals surface area (Å²) in [5.74, 6) is -0.848. The summed E-state index contributed by atoms with van der Waals surface area (Å²) in [6, 6.07) is 0. The van der Waals surface area contributed by atoms with Crippen LogP contribution in [0.25, 0.3) is 0 Å². The first kappa shape index (κ1) is 11.4. The van der Waals surface area contributed by atoms with Crippen molar-refractivity contribution in [1.29, 1.82) is 0 Å². The Morgan fingerprint density at radius 2 is 1.12 bits per heavy atom. The minimum absolute atomic E-state index is 0.192. The van der Waals surface area contributed by atoms with Gasteiger partial charge in [0.1, 0.15) is 0 Å². The molecule has 16 heavy (non-hydrogen) atoms. The molecule has 2 aliphatic carbocycles. The van der Waals surface area contributed by atoms with Gasteiger partial charge < -0.3 is 10.2 Å². The molecule has 0 aromatic heterocycles. The van der Waals surface area contributed by atoms with Crippen molar-refractivity contribution in [2.24, 2.45) is 23.7 Å². The number of carboxylic acid groups (broad SMARTS) is 2. The molecule has 4 atom stereocenters. The van der Waals surface area contributed by atoms with E-state index in [2.05, 4.69) is 0 Å². The monoisotopic (exact) mass is 226 g/mol. The van der Waals surface area contributed by atoms with Crippen LogP contribution in [0.15, 0.2) is 0 Å². The number of hydrogen-bond donors (Lipinski definition) is 2. The molecule has 0 aliphatic heterocycles. The van der Waals surface area contributed by atoms with Gasteiger partial charge in [0.15, 0.2) is 0 Å². The summed E-state index contributed by atoms with van der Waals surface area (Å²) in [4.78, 5) is 21.8. The second-order valence-corrected chi connectivity index (χ2v) is 5.22. The van der Waals surface area contributed by atoms with E-state index in [0.717, 1.165) is 38.5 Å². The Hall–Kier alpha value is -1.06. The number of carbonyl (C=O) groups is 2. The summed E-state index contributed by atoms with van der Waals surface area (Å²) in [7, 11) is 0. The largest absolute Gasteiger partial charge is 0.481 e. The topological polar surface area (TPSA) is 74.6 Å². The maximum Gasteiger partial charge on any atom is 0.306 e. The Bertz CT molecular complexity index is 269. The molecule has 2 unspecified atom stereocenters. The molecule has 2 aliphatic rings. The minimum atomic E-state index is -0.682. The van der Waals surface area contributed by atoms with Gasteiger partial charge in [0.2, 0.25) is 0 Å². The molecule has 0 heterocycles. The molecule has 0 aromatic carbocycles. The van der Waals surface area contributed by atoms with Crippen molar-refractivity contribution < 1.29 is 19.8 Å². The van der Waals surface area contributed by atoms with E-state index in [1.807, 2.05) is 0 Å². The van der Waals surface area contributed by atoms with E-state index < -0.39 is 11.9 Å². The van der Waals surface area contributed by atoms with Gasteiger partial charge in [-0.1, -0.05) is 0 Å². The number of rotatable bonds is 2. The molecule has 4 heteroatoms. The molecule has 2 fully saturated rings. The fourth-order valence-electron chi connectivity index (χ4n) is 3.34. The van der Waals surface area contributed by atoms with Gasteiger partial charge in [-0.25, -0.2) is 0 Å². The van der Waals surface area contributed by atoms with Gasteiger partial charge in [-0.2, -0.15) is 0 Å². The van der Waals surface area contributed by atoms with Crippen LogP contribution >= 0.6 is 0 Å². The highest BCUT2D eigenvalue weighted by Crippen LogP contribution is 2.44. The summed E-state index contributed by atoms with van der Waals surface area (Å²) < 4.78 is 0. The Balaban J connectivity index is 1.95. The van der Waals surface area contributed by atoms with Crippen molar-refractivity contribution in [3.63, 3.8) is 0 Å². The molecule has 0 aromatic rings. The zero-order valence-corrected chi connectivity index (χ0v) is 9.26. The van der Waals surface area contributed by atoms with Crippen LogP contribution in [0.3, 0.4) is 0 Å². The van der Waals surface area contributed by atoms with Crippen molar-refractivity contribution in [2.45, 2.75) is 38.5 Å². The highest BCUT2D eigenvalue weighted by Gasteiger charge is 2.39. The van der Waals surface area contributed by atoms with Crippen LogP contribution in [-0.2, 0) is 9.59 Å². The van der Waals surface area contributed by atoms with Crippen LogP contribution in [0.4, 0.5) is 0 Å². The first-order valence-electron chi connectivity index (χ1n) is 6.03. The Morgan fingerprint density at radius 3 is 1.44 bits per heavy atom. The molecule has 0 bridgehead atoms. The number of fused-ring (bicyclic) bond motifs is 1. The second-order valence-electron chi connectivity index (χ2n) is 5.22. The lowest BCUT2D eigenvalue weighted by molar-refractivity contribution is -0.148. The molecule has 2 rings (SSSR count). The second kappa shape index (κ2) is 4.44. The molecule has 0 amide bonds. The smallest absolute Gasteiger partial charge is 0.306 e. The number of hydrogen-bond acceptors (Lipinski definition) is 2. The first-order valence-corrected chi connectivity index (χ1v) is 6.03. The summed E-state index contributed by atoms with van der Waals surface area (Å²) in [6.45, 7) is 0. The lowest BCUT2D eigenvalue weighted by Gasteiger charge is -2.40. The third kappa shape index (κ3) is 2.20. The maximum absolute atomic E-state index is 10.9. The van der Waals surface area contributed by atoms with Crippen molar-refractivity contribution in [2.75, 3.05) is 0 Å². The molecule has 4 nitrogen and oxygen atoms in total. The summed E-state index contributed by atoms with van der Waals surface area (Å²) in [6.07, 6.45) is 4.75. The lowest BCUT2D eigenvalue weighted by atomic mass is 9.65. The molecule has 2 saturated carbocycles. The number of aliphatic carboxylic acids is 2. The van der Waals surface area contributed by atoms with Crippen LogP contribution in [-0.4, -0.2) is 22.2 Å². The normalized spacial score (nSPS) is 38.8. The zero-order valence-electron chi connectivity index (χ0n) is 9.26. The Morgan fingerprint density at radius 1 is 0.750 bits per heavy atom. The molecule has 90 valence electrons. The van der Waals surface area contributed by atoms with Crippen LogP contribution in [0.2, 0.25) is 0 Å². The average molecular weight is 226 g/mol. The van der Waals surface area contributed by atoms with Gasteiger partial charge in [-0.15, -0.1) is 0 Å². The van der Waals surface area contributed by atoms with E-state index in [4.69, 9.17) is 10.2 Å². The molecule has 2 N–H and O–H groups in total. The third-order valence-electron chi connectivity index (χ3n) is 4.31. The predicted molar refractivity (Wildman–Crippen MR) is 56.9 cm³/mol. The van der Waals surface area contributed by atoms with E-state index in [1.54, 1.807) is 0 Å². The van der Waals surface area contributed by atoms with Crippen molar-refractivity contribution in [1.82, 2.24) is 0 Å².